The van der Waals surface area contributed by atoms with Crippen molar-refractivity contribution in [2.45, 2.75) is 50.7 Å². The molecule has 1 saturated carbocycles. The summed E-state index contributed by atoms with van der Waals surface area (Å²) in [5, 5.41) is 6.00. The number of hydrogen-bond acceptors (Lipinski definition) is 4. The predicted octanol–water partition coefficient (Wildman–Crippen LogP) is 1.07. The molecule has 2 N–H and O–H groups in total. The Hall–Kier alpha value is -0.820. The van der Waals surface area contributed by atoms with Crippen LogP contribution in [0.5, 0.6) is 0 Å². The summed E-state index contributed by atoms with van der Waals surface area (Å²) < 4.78 is 28.6. The molecular weight excluding hydrogens is 304 g/mol. The molecule has 126 valence electrons. The minimum Gasteiger partial charge on any atom is -0.375 e. The molecule has 1 aliphatic carbocycles. The van der Waals surface area contributed by atoms with Gasteiger partial charge in [-0.1, -0.05) is 0 Å². The molecule has 3 rings (SSSR count). The Morgan fingerprint density at radius 2 is 1.91 bits per heavy atom. The molecule has 22 heavy (non-hydrogen) atoms. The molecule has 0 aromatic heterocycles. The highest BCUT2D eigenvalue weighted by molar-refractivity contribution is 7.91. The summed E-state index contributed by atoms with van der Waals surface area (Å²) in [5.74, 6) is 1.35. The number of hydrogen-bond donors (Lipinski definition) is 2. The molecule has 0 unspecified atom stereocenters. The van der Waals surface area contributed by atoms with E-state index in [0.29, 0.717) is 31.9 Å². The second kappa shape index (κ2) is 6.00. The predicted molar refractivity (Wildman–Crippen MR) is 83.4 cm³/mol. The first-order valence-corrected chi connectivity index (χ1v) is 10.1. The van der Waals surface area contributed by atoms with Crippen molar-refractivity contribution in [2.24, 2.45) is 11.8 Å². The molecule has 0 radical (unpaired) electrons. The highest BCUT2D eigenvalue weighted by Gasteiger charge is 2.49. The van der Waals surface area contributed by atoms with Crippen LogP contribution >= 0.6 is 0 Å². The molecule has 3 fully saturated rings. The zero-order valence-electron chi connectivity index (χ0n) is 13.1. The number of urea groups is 1. The van der Waals surface area contributed by atoms with E-state index >= 15 is 0 Å². The Balaban J connectivity index is 1.44. The number of carbonyl (C=O) groups is 1. The van der Waals surface area contributed by atoms with Gasteiger partial charge in [0.1, 0.15) is 9.84 Å². The van der Waals surface area contributed by atoms with Crippen molar-refractivity contribution in [1.82, 2.24) is 10.6 Å². The van der Waals surface area contributed by atoms with E-state index in [0.717, 1.165) is 6.42 Å². The van der Waals surface area contributed by atoms with E-state index in [1.165, 1.54) is 12.8 Å². The number of ether oxygens (including phenoxy) is 1. The number of amides is 2. The zero-order chi connectivity index (χ0) is 15.8. The zero-order valence-corrected chi connectivity index (χ0v) is 14.0. The van der Waals surface area contributed by atoms with E-state index in [2.05, 4.69) is 17.6 Å². The molecule has 2 amide bonds. The normalized spacial score (nSPS) is 35.2. The largest absolute Gasteiger partial charge is 0.375 e. The van der Waals surface area contributed by atoms with Crippen molar-refractivity contribution in [3.63, 3.8) is 0 Å². The number of rotatable bonds is 4. The van der Waals surface area contributed by atoms with Gasteiger partial charge in [0.05, 0.1) is 23.1 Å². The summed E-state index contributed by atoms with van der Waals surface area (Å²) in [6.07, 6.45) is 4.67. The van der Waals surface area contributed by atoms with Crippen LogP contribution in [0.4, 0.5) is 4.79 Å². The van der Waals surface area contributed by atoms with Crippen molar-refractivity contribution in [1.29, 1.82) is 0 Å². The fourth-order valence-corrected chi connectivity index (χ4v) is 5.19. The Morgan fingerprint density at radius 1 is 1.23 bits per heavy atom. The maximum absolute atomic E-state index is 12.2. The molecule has 0 spiro atoms. The monoisotopic (exact) mass is 330 g/mol. The van der Waals surface area contributed by atoms with Crippen LogP contribution in [0.2, 0.25) is 0 Å². The summed E-state index contributed by atoms with van der Waals surface area (Å²) >= 11 is 0. The number of sulfone groups is 1. The van der Waals surface area contributed by atoms with Gasteiger partial charge in [0.15, 0.2) is 0 Å². The topological polar surface area (TPSA) is 84.5 Å². The van der Waals surface area contributed by atoms with Crippen LogP contribution in [0.3, 0.4) is 0 Å². The molecule has 0 aromatic carbocycles. The molecule has 0 bridgehead atoms. The quantitative estimate of drug-likeness (QED) is 0.807. The van der Waals surface area contributed by atoms with Crippen molar-refractivity contribution in [3.05, 3.63) is 0 Å². The minimum absolute atomic E-state index is 0.137. The fourth-order valence-electron chi connectivity index (χ4n) is 3.60. The van der Waals surface area contributed by atoms with Gasteiger partial charge in [-0.15, -0.1) is 0 Å². The molecule has 3 aliphatic rings. The lowest BCUT2D eigenvalue weighted by molar-refractivity contribution is 0.0590. The third kappa shape index (κ3) is 3.74. The third-order valence-electron chi connectivity index (χ3n) is 5.22. The van der Waals surface area contributed by atoms with E-state index in [9.17, 15) is 13.2 Å². The van der Waals surface area contributed by atoms with Crippen molar-refractivity contribution >= 4 is 15.9 Å². The maximum atomic E-state index is 12.2. The Morgan fingerprint density at radius 3 is 2.55 bits per heavy atom. The van der Waals surface area contributed by atoms with Crippen LogP contribution < -0.4 is 10.6 Å². The second-order valence-corrected chi connectivity index (χ2v) is 9.53. The van der Waals surface area contributed by atoms with Crippen molar-refractivity contribution < 1.29 is 17.9 Å². The Bertz CT molecular complexity index is 518. The van der Waals surface area contributed by atoms with Gasteiger partial charge in [0.2, 0.25) is 0 Å². The van der Waals surface area contributed by atoms with Crippen molar-refractivity contribution in [3.8, 4) is 0 Å². The average Bonchev–Trinajstić information content (AvgIpc) is 3.21. The van der Waals surface area contributed by atoms with Gasteiger partial charge in [0, 0.05) is 13.2 Å². The van der Waals surface area contributed by atoms with E-state index in [1.807, 2.05) is 0 Å². The summed E-state index contributed by atoms with van der Waals surface area (Å²) in [7, 11) is -2.84. The summed E-state index contributed by atoms with van der Waals surface area (Å²) in [5.41, 5.74) is -0.277. The molecular formula is C15H26N2O4S. The van der Waals surface area contributed by atoms with Gasteiger partial charge >= 0.3 is 6.03 Å². The standard InChI is InChI=1S/C15H26N2O4S/c1-15(6-7-21-13(15)12-2-3-12)17-14(18)16-10-11-4-8-22(19,20)9-5-11/h11-13H,2-10H2,1H3,(H2,16,17,18)/t13-,15-/m0/s1. The first kappa shape index (κ1) is 16.1. The molecule has 7 heteroatoms. The maximum Gasteiger partial charge on any atom is 0.315 e. The smallest absolute Gasteiger partial charge is 0.315 e. The molecule has 0 aromatic rings. The van der Waals surface area contributed by atoms with Gasteiger partial charge in [-0.2, -0.15) is 0 Å². The molecule has 2 aliphatic heterocycles. The van der Waals surface area contributed by atoms with Crippen LogP contribution in [-0.4, -0.2) is 50.7 Å². The fraction of sp³-hybridized carbons (Fsp3) is 0.933. The first-order valence-electron chi connectivity index (χ1n) is 8.26. The van der Waals surface area contributed by atoms with Crippen LogP contribution in [-0.2, 0) is 14.6 Å². The number of carbonyl (C=O) groups excluding carboxylic acids is 1. The van der Waals surface area contributed by atoms with Crippen molar-refractivity contribution in [2.75, 3.05) is 24.7 Å². The van der Waals surface area contributed by atoms with E-state index < -0.39 is 9.84 Å². The molecule has 2 heterocycles. The van der Waals surface area contributed by atoms with E-state index in [-0.39, 0.29) is 35.1 Å². The van der Waals surface area contributed by atoms with E-state index in [4.69, 9.17) is 4.74 Å². The summed E-state index contributed by atoms with van der Waals surface area (Å²) in [6, 6.07) is -0.160. The molecule has 6 nitrogen and oxygen atoms in total. The van der Waals surface area contributed by atoms with Gasteiger partial charge < -0.3 is 15.4 Å². The Labute approximate surface area is 132 Å². The lowest BCUT2D eigenvalue weighted by Crippen LogP contribution is -2.56. The Kier molecular flexibility index (Phi) is 4.38. The van der Waals surface area contributed by atoms with Gasteiger partial charge in [-0.3, -0.25) is 0 Å². The SMILES string of the molecule is C[C@]1(NC(=O)NCC2CCS(=O)(=O)CC2)CCO[C@H]1C1CC1. The minimum atomic E-state index is -2.84. The van der Waals surface area contributed by atoms with Crippen LogP contribution in [0, 0.1) is 11.8 Å². The average molecular weight is 330 g/mol. The summed E-state index contributed by atoms with van der Waals surface area (Å²) in [6.45, 7) is 3.32. The van der Waals surface area contributed by atoms with Gasteiger partial charge in [-0.25, -0.2) is 13.2 Å². The van der Waals surface area contributed by atoms with Gasteiger partial charge in [-0.05, 0) is 50.9 Å². The van der Waals surface area contributed by atoms with Gasteiger partial charge in [0.25, 0.3) is 0 Å². The lowest BCUT2D eigenvalue weighted by Gasteiger charge is -2.32. The van der Waals surface area contributed by atoms with Crippen LogP contribution in [0.1, 0.15) is 39.0 Å². The second-order valence-electron chi connectivity index (χ2n) is 7.23. The van der Waals surface area contributed by atoms with Crippen LogP contribution in [0.15, 0.2) is 0 Å². The highest BCUT2D eigenvalue weighted by Crippen LogP contribution is 2.43. The van der Waals surface area contributed by atoms with E-state index in [1.54, 1.807) is 0 Å². The third-order valence-corrected chi connectivity index (χ3v) is 6.94. The molecule has 2 atom stereocenters. The molecule has 2 saturated heterocycles. The summed E-state index contributed by atoms with van der Waals surface area (Å²) in [4.78, 5) is 12.2. The van der Waals surface area contributed by atoms with Crippen LogP contribution in [0.25, 0.3) is 0 Å². The highest BCUT2D eigenvalue weighted by atomic mass is 32.2. The first-order chi connectivity index (χ1) is 10.4. The number of nitrogens with one attached hydrogen (secondary N) is 2. The lowest BCUT2D eigenvalue weighted by atomic mass is 9.90.